The van der Waals surface area contributed by atoms with Gasteiger partial charge in [0.15, 0.2) is 0 Å². The number of amides is 3. The quantitative estimate of drug-likeness (QED) is 0.630. The number of benzene rings is 1. The van der Waals surface area contributed by atoms with Crippen LogP contribution in [0.3, 0.4) is 0 Å². The number of pyridine rings is 1. The van der Waals surface area contributed by atoms with Gasteiger partial charge in [-0.15, -0.1) is 0 Å². The van der Waals surface area contributed by atoms with E-state index in [2.05, 4.69) is 16.4 Å². The molecular formula is C26H33N5O4. The monoisotopic (exact) mass is 479 g/mol. The second kappa shape index (κ2) is 11.7. The number of likely N-dealkylation sites (N-methyl/N-ethyl adjacent to an activating group) is 1. The van der Waals surface area contributed by atoms with Crippen molar-refractivity contribution in [2.75, 3.05) is 33.3 Å². The largest absolute Gasteiger partial charge is 0.472 e. The van der Waals surface area contributed by atoms with Crippen molar-refractivity contribution in [2.45, 2.75) is 39.3 Å². The number of nitriles is 1. The third-order valence-corrected chi connectivity index (χ3v) is 6.17. The first-order valence-electron chi connectivity index (χ1n) is 11.9. The summed E-state index contributed by atoms with van der Waals surface area (Å²) < 4.78 is 6.25. The van der Waals surface area contributed by atoms with E-state index in [4.69, 9.17) is 4.74 Å². The summed E-state index contributed by atoms with van der Waals surface area (Å²) >= 11 is 0. The second-order valence-electron chi connectivity index (χ2n) is 9.00. The summed E-state index contributed by atoms with van der Waals surface area (Å²) in [5.74, 6) is -0.229. The van der Waals surface area contributed by atoms with Gasteiger partial charge in [-0.25, -0.2) is 9.78 Å². The molecule has 0 bridgehead atoms. The van der Waals surface area contributed by atoms with E-state index in [0.717, 1.165) is 12.0 Å². The standard InChI is InChI=1S/C26H33N5O4/c1-5-9-28-26(34)30(4)15-23-17(2)14-31(18(3)16-32)25(33)22-11-21(13-29-24(22)35-23)20-8-6-7-19(10-20)12-27/h6-8,10-11,13,17-18,23,32H,5,9,14-16H2,1-4H3,(H,28,34)/t17-,18-,23-/m0/s1. The molecule has 0 fully saturated rings. The zero-order valence-corrected chi connectivity index (χ0v) is 20.7. The van der Waals surface area contributed by atoms with Gasteiger partial charge in [0.05, 0.1) is 30.8 Å². The summed E-state index contributed by atoms with van der Waals surface area (Å²) in [6.07, 6.45) is 2.03. The van der Waals surface area contributed by atoms with Crippen molar-refractivity contribution < 1.29 is 19.4 Å². The van der Waals surface area contributed by atoms with Crippen molar-refractivity contribution in [3.63, 3.8) is 0 Å². The number of hydrogen-bond acceptors (Lipinski definition) is 6. The molecule has 3 rings (SSSR count). The number of aliphatic hydroxyl groups is 1. The van der Waals surface area contributed by atoms with Crippen LogP contribution in [0.2, 0.25) is 0 Å². The number of rotatable bonds is 7. The molecule has 0 aliphatic carbocycles. The Labute approximate surface area is 206 Å². The van der Waals surface area contributed by atoms with Crippen LogP contribution in [0.4, 0.5) is 4.79 Å². The molecular weight excluding hydrogens is 446 g/mol. The number of aromatic nitrogens is 1. The molecule has 1 aromatic carbocycles. The van der Waals surface area contributed by atoms with Gasteiger partial charge in [-0.3, -0.25) is 4.79 Å². The minimum Gasteiger partial charge on any atom is -0.472 e. The third-order valence-electron chi connectivity index (χ3n) is 6.17. The molecule has 186 valence electrons. The maximum Gasteiger partial charge on any atom is 0.317 e. The van der Waals surface area contributed by atoms with Crippen LogP contribution in [0.15, 0.2) is 36.5 Å². The molecule has 0 spiro atoms. The Bertz CT molecular complexity index is 1100. The number of nitrogens with zero attached hydrogens (tertiary/aromatic N) is 4. The van der Waals surface area contributed by atoms with Crippen LogP contribution in [0.1, 0.15) is 43.1 Å². The predicted molar refractivity (Wildman–Crippen MR) is 132 cm³/mol. The molecule has 0 radical (unpaired) electrons. The van der Waals surface area contributed by atoms with Gasteiger partial charge in [-0.2, -0.15) is 5.26 Å². The van der Waals surface area contributed by atoms with E-state index < -0.39 is 12.1 Å². The van der Waals surface area contributed by atoms with Gasteiger partial charge in [0.25, 0.3) is 5.91 Å². The van der Waals surface area contributed by atoms with Crippen LogP contribution in [0, 0.1) is 17.2 Å². The van der Waals surface area contributed by atoms with E-state index >= 15 is 0 Å². The first-order valence-corrected chi connectivity index (χ1v) is 11.9. The Kier molecular flexibility index (Phi) is 8.66. The van der Waals surface area contributed by atoms with E-state index in [1.807, 2.05) is 19.9 Å². The molecule has 1 aliphatic heterocycles. The summed E-state index contributed by atoms with van der Waals surface area (Å²) in [7, 11) is 1.71. The van der Waals surface area contributed by atoms with Gasteiger partial charge in [-0.1, -0.05) is 26.0 Å². The molecule has 35 heavy (non-hydrogen) atoms. The topological polar surface area (TPSA) is 119 Å². The van der Waals surface area contributed by atoms with Crippen molar-refractivity contribution in [1.29, 1.82) is 5.26 Å². The second-order valence-corrected chi connectivity index (χ2v) is 9.00. The van der Waals surface area contributed by atoms with Gasteiger partial charge < -0.3 is 25.0 Å². The zero-order chi connectivity index (χ0) is 25.5. The zero-order valence-electron chi connectivity index (χ0n) is 20.7. The van der Waals surface area contributed by atoms with Crippen molar-refractivity contribution in [1.82, 2.24) is 20.1 Å². The van der Waals surface area contributed by atoms with Gasteiger partial charge >= 0.3 is 6.03 Å². The fraction of sp³-hybridized carbons (Fsp3) is 0.462. The highest BCUT2D eigenvalue weighted by Crippen LogP contribution is 2.30. The number of fused-ring (bicyclic) bond motifs is 1. The number of nitrogens with one attached hydrogen (secondary N) is 1. The first-order chi connectivity index (χ1) is 16.8. The van der Waals surface area contributed by atoms with Crippen molar-refractivity contribution in [2.24, 2.45) is 5.92 Å². The van der Waals surface area contributed by atoms with Crippen LogP contribution < -0.4 is 10.1 Å². The van der Waals surface area contributed by atoms with Gasteiger partial charge in [0.1, 0.15) is 11.7 Å². The number of hydrogen-bond donors (Lipinski definition) is 2. The van der Waals surface area contributed by atoms with Crippen LogP contribution in [-0.2, 0) is 0 Å². The molecule has 0 saturated heterocycles. The number of ether oxygens (including phenoxy) is 1. The Balaban J connectivity index is 1.99. The fourth-order valence-corrected chi connectivity index (χ4v) is 3.97. The lowest BCUT2D eigenvalue weighted by Gasteiger charge is -2.37. The van der Waals surface area contributed by atoms with E-state index in [1.165, 1.54) is 0 Å². The number of carbonyl (C=O) groups excluding carboxylic acids is 2. The molecule has 1 aliphatic rings. The highest BCUT2D eigenvalue weighted by Gasteiger charge is 2.34. The SMILES string of the molecule is CCCNC(=O)N(C)C[C@@H]1Oc2ncc(-c3cccc(C#N)c3)cc2C(=O)N([C@@H](C)CO)C[C@@H]1C. The van der Waals surface area contributed by atoms with E-state index in [1.54, 1.807) is 54.2 Å². The molecule has 2 aromatic rings. The lowest BCUT2D eigenvalue weighted by Crippen LogP contribution is -2.51. The van der Waals surface area contributed by atoms with Gasteiger partial charge in [-0.05, 0) is 37.1 Å². The first kappa shape index (κ1) is 26.0. The van der Waals surface area contributed by atoms with Crippen LogP contribution in [0.25, 0.3) is 11.1 Å². The molecule has 0 saturated carbocycles. The molecule has 9 nitrogen and oxygen atoms in total. The highest BCUT2D eigenvalue weighted by atomic mass is 16.5. The van der Waals surface area contributed by atoms with Crippen molar-refractivity contribution in [3.05, 3.63) is 47.7 Å². The van der Waals surface area contributed by atoms with Crippen molar-refractivity contribution >= 4 is 11.9 Å². The lowest BCUT2D eigenvalue weighted by molar-refractivity contribution is 0.0352. The van der Waals surface area contributed by atoms with Crippen LogP contribution >= 0.6 is 0 Å². The minimum atomic E-state index is -0.423. The Hall–Kier alpha value is -3.64. The highest BCUT2D eigenvalue weighted by molar-refractivity contribution is 5.98. The molecule has 3 amide bonds. The molecule has 2 N–H and O–H groups in total. The van der Waals surface area contributed by atoms with Gasteiger partial charge in [0, 0.05) is 37.8 Å². The van der Waals surface area contributed by atoms with Crippen LogP contribution in [0.5, 0.6) is 5.88 Å². The van der Waals surface area contributed by atoms with E-state index in [0.29, 0.717) is 30.8 Å². The average Bonchev–Trinajstić information content (AvgIpc) is 2.88. The molecule has 2 heterocycles. The normalized spacial score (nSPS) is 18.4. The Morgan fingerprint density at radius 1 is 1.40 bits per heavy atom. The average molecular weight is 480 g/mol. The summed E-state index contributed by atoms with van der Waals surface area (Å²) in [5, 5.41) is 21.9. The summed E-state index contributed by atoms with van der Waals surface area (Å²) in [6, 6.07) is 10.3. The maximum absolute atomic E-state index is 13.6. The molecule has 1 aromatic heterocycles. The van der Waals surface area contributed by atoms with Crippen LogP contribution in [-0.4, -0.2) is 77.3 Å². The summed E-state index contributed by atoms with van der Waals surface area (Å²) in [6.45, 7) is 6.79. The molecule has 9 heteroatoms. The smallest absolute Gasteiger partial charge is 0.317 e. The van der Waals surface area contributed by atoms with E-state index in [-0.39, 0.29) is 35.9 Å². The number of urea groups is 1. The summed E-state index contributed by atoms with van der Waals surface area (Å²) in [4.78, 5) is 33.7. The number of carbonyl (C=O) groups is 2. The Morgan fingerprint density at radius 2 is 2.17 bits per heavy atom. The minimum absolute atomic E-state index is 0.128. The van der Waals surface area contributed by atoms with Crippen molar-refractivity contribution in [3.8, 4) is 23.1 Å². The molecule has 3 atom stereocenters. The maximum atomic E-state index is 13.6. The summed E-state index contributed by atoms with van der Waals surface area (Å²) in [5.41, 5.74) is 2.22. The van der Waals surface area contributed by atoms with Gasteiger partial charge in [0.2, 0.25) is 5.88 Å². The fourth-order valence-electron chi connectivity index (χ4n) is 3.97. The van der Waals surface area contributed by atoms with E-state index in [9.17, 15) is 20.0 Å². The third kappa shape index (κ3) is 6.08. The Morgan fingerprint density at radius 3 is 2.86 bits per heavy atom. The lowest BCUT2D eigenvalue weighted by atomic mass is 9.99. The molecule has 0 unspecified atom stereocenters. The number of aliphatic hydroxyl groups excluding tert-OH is 1. The predicted octanol–water partition coefficient (Wildman–Crippen LogP) is 2.89.